The van der Waals surface area contributed by atoms with E-state index >= 15 is 0 Å². The predicted molar refractivity (Wildman–Crippen MR) is 82.5 cm³/mol. The van der Waals surface area contributed by atoms with Gasteiger partial charge in [-0.1, -0.05) is 29.8 Å². The van der Waals surface area contributed by atoms with Crippen molar-refractivity contribution in [2.45, 2.75) is 25.9 Å². The van der Waals surface area contributed by atoms with Crippen LogP contribution in [0, 0.1) is 6.92 Å². The van der Waals surface area contributed by atoms with Crippen molar-refractivity contribution in [1.82, 2.24) is 0 Å². The van der Waals surface area contributed by atoms with Crippen molar-refractivity contribution in [3.05, 3.63) is 64.2 Å². The quantitative estimate of drug-likeness (QED) is 0.918. The summed E-state index contributed by atoms with van der Waals surface area (Å²) >= 11 is 5.88. The first-order valence-corrected chi connectivity index (χ1v) is 6.92. The molecule has 0 aliphatic carbocycles. The van der Waals surface area contributed by atoms with Gasteiger partial charge in [-0.3, -0.25) is 0 Å². The first kappa shape index (κ1) is 14.9. The molecular formula is C17H19ClO2. The summed E-state index contributed by atoms with van der Waals surface area (Å²) in [6.07, 6.45) is 0.539. The summed E-state index contributed by atoms with van der Waals surface area (Å²) in [5, 5.41) is 11.5. The number of aliphatic hydroxyl groups is 1. The van der Waals surface area contributed by atoms with Gasteiger partial charge in [0.15, 0.2) is 0 Å². The fourth-order valence-corrected chi connectivity index (χ4v) is 2.59. The van der Waals surface area contributed by atoms with Gasteiger partial charge in [0.1, 0.15) is 5.75 Å². The Bertz CT molecular complexity index is 588. The Balaban J connectivity index is 2.27. The van der Waals surface area contributed by atoms with Crippen LogP contribution < -0.4 is 4.74 Å². The van der Waals surface area contributed by atoms with Crippen molar-refractivity contribution in [1.29, 1.82) is 0 Å². The van der Waals surface area contributed by atoms with Crippen LogP contribution in [0.2, 0.25) is 5.02 Å². The lowest BCUT2D eigenvalue weighted by atomic mass is 9.86. The number of hydrogen-bond donors (Lipinski definition) is 1. The second-order valence-electron chi connectivity index (χ2n) is 5.26. The van der Waals surface area contributed by atoms with Crippen LogP contribution in [0.1, 0.15) is 23.6 Å². The van der Waals surface area contributed by atoms with Gasteiger partial charge in [0.25, 0.3) is 0 Å². The molecule has 1 N–H and O–H groups in total. The van der Waals surface area contributed by atoms with Crippen LogP contribution in [0.15, 0.2) is 42.5 Å². The summed E-state index contributed by atoms with van der Waals surface area (Å²) in [6, 6.07) is 13.3. The lowest BCUT2D eigenvalue weighted by molar-refractivity contribution is 0.0569. The fraction of sp³-hybridized carbons (Fsp3) is 0.294. The van der Waals surface area contributed by atoms with Gasteiger partial charge in [-0.15, -0.1) is 0 Å². The summed E-state index contributed by atoms with van der Waals surface area (Å²) in [5.41, 5.74) is 2.05. The van der Waals surface area contributed by atoms with Gasteiger partial charge in [-0.25, -0.2) is 0 Å². The highest BCUT2D eigenvalue weighted by molar-refractivity contribution is 6.30. The van der Waals surface area contributed by atoms with Crippen molar-refractivity contribution in [2.24, 2.45) is 0 Å². The number of rotatable bonds is 4. The summed E-state index contributed by atoms with van der Waals surface area (Å²) in [7, 11) is 1.64. The van der Waals surface area contributed by atoms with E-state index in [2.05, 4.69) is 0 Å². The summed E-state index contributed by atoms with van der Waals surface area (Å²) in [4.78, 5) is 0. The topological polar surface area (TPSA) is 29.5 Å². The summed E-state index contributed by atoms with van der Waals surface area (Å²) < 4.78 is 5.20. The van der Waals surface area contributed by atoms with Crippen molar-refractivity contribution < 1.29 is 9.84 Å². The van der Waals surface area contributed by atoms with E-state index in [1.807, 2.05) is 56.3 Å². The van der Waals surface area contributed by atoms with Gasteiger partial charge in [-0.05, 0) is 54.8 Å². The molecule has 0 aliphatic heterocycles. The van der Waals surface area contributed by atoms with E-state index in [-0.39, 0.29) is 0 Å². The predicted octanol–water partition coefficient (Wildman–Crippen LogP) is 4.11. The zero-order valence-electron chi connectivity index (χ0n) is 12.0. The molecule has 0 aromatic heterocycles. The summed E-state index contributed by atoms with van der Waals surface area (Å²) in [6.45, 7) is 3.81. The van der Waals surface area contributed by atoms with E-state index in [4.69, 9.17) is 16.3 Å². The Morgan fingerprint density at radius 3 is 2.35 bits per heavy atom. The zero-order chi connectivity index (χ0) is 14.8. The van der Waals surface area contributed by atoms with Crippen LogP contribution in [0.3, 0.4) is 0 Å². The number of aryl methyl sites for hydroxylation is 1. The van der Waals surface area contributed by atoms with Crippen LogP contribution >= 0.6 is 11.6 Å². The van der Waals surface area contributed by atoms with E-state index in [1.165, 1.54) is 0 Å². The maximum atomic E-state index is 10.8. The Hall–Kier alpha value is -1.51. The molecule has 2 rings (SSSR count). The van der Waals surface area contributed by atoms with E-state index in [9.17, 15) is 5.11 Å². The Labute approximate surface area is 125 Å². The molecule has 0 radical (unpaired) electrons. The lowest BCUT2D eigenvalue weighted by Gasteiger charge is -2.26. The van der Waals surface area contributed by atoms with Gasteiger partial charge < -0.3 is 9.84 Å². The molecule has 1 atom stereocenters. The summed E-state index contributed by atoms with van der Waals surface area (Å²) in [5.74, 6) is 0.800. The van der Waals surface area contributed by atoms with E-state index in [0.717, 1.165) is 22.4 Å². The number of ether oxygens (including phenoxy) is 1. The van der Waals surface area contributed by atoms with Gasteiger partial charge in [0.2, 0.25) is 0 Å². The monoisotopic (exact) mass is 290 g/mol. The third-order valence-electron chi connectivity index (χ3n) is 3.48. The molecule has 0 aliphatic rings. The molecule has 2 nitrogen and oxygen atoms in total. The molecule has 106 valence electrons. The first-order valence-electron chi connectivity index (χ1n) is 6.54. The fourth-order valence-electron chi connectivity index (χ4n) is 2.46. The van der Waals surface area contributed by atoms with Gasteiger partial charge >= 0.3 is 0 Å². The Kier molecular flexibility index (Phi) is 4.36. The molecule has 0 heterocycles. The van der Waals surface area contributed by atoms with E-state index in [0.29, 0.717) is 11.4 Å². The van der Waals surface area contributed by atoms with Crippen LogP contribution in [-0.2, 0) is 12.0 Å². The molecule has 0 saturated heterocycles. The molecule has 2 aromatic carbocycles. The second kappa shape index (κ2) is 5.86. The molecule has 0 fully saturated rings. The van der Waals surface area contributed by atoms with E-state index in [1.54, 1.807) is 7.11 Å². The van der Waals surface area contributed by atoms with E-state index < -0.39 is 5.60 Å². The molecule has 0 amide bonds. The smallest absolute Gasteiger partial charge is 0.119 e. The highest BCUT2D eigenvalue weighted by atomic mass is 35.5. The zero-order valence-corrected chi connectivity index (χ0v) is 12.7. The van der Waals surface area contributed by atoms with Crippen LogP contribution in [0.5, 0.6) is 5.75 Å². The average molecular weight is 291 g/mol. The van der Waals surface area contributed by atoms with Crippen molar-refractivity contribution in [2.75, 3.05) is 7.11 Å². The minimum atomic E-state index is -0.926. The molecular weight excluding hydrogens is 272 g/mol. The highest BCUT2D eigenvalue weighted by Gasteiger charge is 2.25. The van der Waals surface area contributed by atoms with Crippen LogP contribution in [0.25, 0.3) is 0 Å². The van der Waals surface area contributed by atoms with Crippen LogP contribution in [0.4, 0.5) is 0 Å². The number of hydrogen-bond acceptors (Lipinski definition) is 2. The van der Waals surface area contributed by atoms with Gasteiger partial charge in [0, 0.05) is 11.4 Å². The van der Waals surface area contributed by atoms with Gasteiger partial charge in [-0.2, -0.15) is 0 Å². The molecule has 1 unspecified atom stereocenters. The highest BCUT2D eigenvalue weighted by Crippen LogP contribution is 2.30. The number of methoxy groups -OCH3 is 1. The van der Waals surface area contributed by atoms with Crippen molar-refractivity contribution in [3.63, 3.8) is 0 Å². The third-order valence-corrected chi connectivity index (χ3v) is 3.73. The second-order valence-corrected chi connectivity index (χ2v) is 5.69. The number of halogens is 1. The molecule has 20 heavy (non-hydrogen) atoms. The van der Waals surface area contributed by atoms with Gasteiger partial charge in [0.05, 0.1) is 12.7 Å². The molecule has 2 aromatic rings. The minimum Gasteiger partial charge on any atom is -0.497 e. The molecule has 0 bridgehead atoms. The average Bonchev–Trinajstić information content (AvgIpc) is 2.40. The van der Waals surface area contributed by atoms with Crippen molar-refractivity contribution in [3.8, 4) is 5.75 Å². The first-order chi connectivity index (χ1) is 9.42. The maximum Gasteiger partial charge on any atom is 0.119 e. The Morgan fingerprint density at radius 1 is 1.15 bits per heavy atom. The van der Waals surface area contributed by atoms with Crippen LogP contribution in [-0.4, -0.2) is 12.2 Å². The molecule has 0 saturated carbocycles. The maximum absolute atomic E-state index is 10.8. The Morgan fingerprint density at radius 2 is 1.80 bits per heavy atom. The molecule has 3 heteroatoms. The number of benzene rings is 2. The minimum absolute atomic E-state index is 0.539. The third kappa shape index (κ3) is 3.33. The standard InChI is InChI=1S/C17H19ClO2/c1-12-10-15(20-3)8-9-16(12)17(2,19)11-13-4-6-14(18)7-5-13/h4-10,19H,11H2,1-3H3. The van der Waals surface area contributed by atoms with Crippen molar-refractivity contribution >= 4 is 11.6 Å². The SMILES string of the molecule is COc1ccc(C(C)(O)Cc2ccc(Cl)cc2)c(C)c1. The largest absolute Gasteiger partial charge is 0.497 e. The lowest BCUT2D eigenvalue weighted by Crippen LogP contribution is -2.25. The molecule has 0 spiro atoms. The normalized spacial score (nSPS) is 13.8.